The van der Waals surface area contributed by atoms with Gasteiger partial charge in [-0.3, -0.25) is 0 Å². The molecule has 2 N–H and O–H groups in total. The highest BCUT2D eigenvalue weighted by Crippen LogP contribution is 2.22. The molecular formula is C13H15N3O2S. The summed E-state index contributed by atoms with van der Waals surface area (Å²) < 4.78 is 4.66. The van der Waals surface area contributed by atoms with Gasteiger partial charge in [-0.1, -0.05) is 6.07 Å². The van der Waals surface area contributed by atoms with E-state index in [4.69, 9.17) is 5.73 Å². The number of aromatic nitrogens is 1. The molecule has 0 aromatic carbocycles. The van der Waals surface area contributed by atoms with E-state index in [2.05, 4.69) is 9.72 Å². The molecule has 6 heteroatoms. The number of nitrogens with two attached hydrogens (primary N) is 1. The van der Waals surface area contributed by atoms with Gasteiger partial charge in [-0.15, -0.1) is 11.3 Å². The van der Waals surface area contributed by atoms with Gasteiger partial charge < -0.3 is 15.4 Å². The highest BCUT2D eigenvalue weighted by atomic mass is 32.1. The second-order valence-electron chi connectivity index (χ2n) is 4.04. The van der Waals surface area contributed by atoms with Crippen molar-refractivity contribution in [2.45, 2.75) is 6.54 Å². The molecule has 0 aliphatic carbocycles. The van der Waals surface area contributed by atoms with Crippen LogP contribution in [0, 0.1) is 0 Å². The van der Waals surface area contributed by atoms with Gasteiger partial charge in [0.1, 0.15) is 0 Å². The van der Waals surface area contributed by atoms with Gasteiger partial charge in [0.15, 0.2) is 11.5 Å². The molecule has 2 rings (SSSR count). The Morgan fingerprint density at radius 1 is 1.47 bits per heavy atom. The monoisotopic (exact) mass is 277 g/mol. The summed E-state index contributed by atoms with van der Waals surface area (Å²) in [6.45, 7) is 0.694. The third-order valence-corrected chi connectivity index (χ3v) is 3.50. The van der Waals surface area contributed by atoms with Crippen LogP contribution < -0.4 is 10.6 Å². The Balaban J connectivity index is 2.25. The molecule has 0 amide bonds. The lowest BCUT2D eigenvalue weighted by atomic mass is 10.3. The van der Waals surface area contributed by atoms with E-state index >= 15 is 0 Å². The van der Waals surface area contributed by atoms with Crippen molar-refractivity contribution >= 4 is 28.8 Å². The summed E-state index contributed by atoms with van der Waals surface area (Å²) in [5, 5.41) is 2.02. The zero-order chi connectivity index (χ0) is 13.8. The van der Waals surface area contributed by atoms with Crippen LogP contribution in [0.15, 0.2) is 29.6 Å². The number of methoxy groups -OCH3 is 1. The van der Waals surface area contributed by atoms with E-state index in [9.17, 15) is 4.79 Å². The molecule has 0 atom stereocenters. The highest BCUT2D eigenvalue weighted by molar-refractivity contribution is 7.09. The molecule has 0 radical (unpaired) electrons. The SMILES string of the molecule is COC(=O)c1ccc(N)c(N(C)Cc2cccs2)n1. The predicted molar refractivity (Wildman–Crippen MR) is 76.4 cm³/mol. The fraction of sp³-hybridized carbons (Fsp3) is 0.231. The lowest BCUT2D eigenvalue weighted by Crippen LogP contribution is -2.20. The van der Waals surface area contributed by atoms with E-state index in [0.717, 1.165) is 0 Å². The second-order valence-corrected chi connectivity index (χ2v) is 5.07. The van der Waals surface area contributed by atoms with Crippen LogP contribution in [0.25, 0.3) is 0 Å². The van der Waals surface area contributed by atoms with Gasteiger partial charge in [-0.2, -0.15) is 0 Å². The summed E-state index contributed by atoms with van der Waals surface area (Å²) in [6, 6.07) is 7.26. The van der Waals surface area contributed by atoms with Crippen molar-refractivity contribution in [1.29, 1.82) is 0 Å². The van der Waals surface area contributed by atoms with Crippen molar-refractivity contribution in [3.63, 3.8) is 0 Å². The maximum absolute atomic E-state index is 11.5. The molecule has 100 valence electrons. The number of hydrogen-bond acceptors (Lipinski definition) is 6. The molecule has 0 aliphatic rings. The third kappa shape index (κ3) is 3.03. The molecule has 0 aliphatic heterocycles. The van der Waals surface area contributed by atoms with Gasteiger partial charge >= 0.3 is 5.97 Å². The van der Waals surface area contributed by atoms with Crippen LogP contribution in [0.3, 0.4) is 0 Å². The fourth-order valence-electron chi connectivity index (χ4n) is 1.69. The molecule has 19 heavy (non-hydrogen) atoms. The van der Waals surface area contributed by atoms with Crippen molar-refractivity contribution in [3.05, 3.63) is 40.2 Å². The third-order valence-electron chi connectivity index (χ3n) is 2.63. The number of carbonyl (C=O) groups excluding carboxylic acids is 1. The number of pyridine rings is 1. The summed E-state index contributed by atoms with van der Waals surface area (Å²) in [7, 11) is 3.22. The molecule has 0 saturated heterocycles. The summed E-state index contributed by atoms with van der Waals surface area (Å²) in [5.41, 5.74) is 6.70. The van der Waals surface area contributed by atoms with Gasteiger partial charge in [0.05, 0.1) is 19.3 Å². The average Bonchev–Trinajstić information content (AvgIpc) is 2.91. The summed E-state index contributed by atoms with van der Waals surface area (Å²) in [6.07, 6.45) is 0. The number of ether oxygens (including phenoxy) is 1. The van der Waals surface area contributed by atoms with E-state index in [-0.39, 0.29) is 5.69 Å². The summed E-state index contributed by atoms with van der Waals surface area (Å²) in [5.74, 6) is 0.113. The standard InChI is InChI=1S/C13H15N3O2S/c1-16(8-9-4-3-7-19-9)12-10(14)5-6-11(15-12)13(17)18-2/h3-7H,8,14H2,1-2H3. The Morgan fingerprint density at radius 3 is 2.89 bits per heavy atom. The Morgan fingerprint density at radius 2 is 2.26 bits per heavy atom. The smallest absolute Gasteiger partial charge is 0.356 e. The number of nitrogens with zero attached hydrogens (tertiary/aromatic N) is 2. The first-order valence-corrected chi connectivity index (χ1v) is 6.58. The van der Waals surface area contributed by atoms with E-state index in [1.165, 1.54) is 12.0 Å². The Labute approximate surface area is 115 Å². The number of anilines is 2. The molecule has 5 nitrogen and oxygen atoms in total. The fourth-order valence-corrected chi connectivity index (χ4v) is 2.45. The van der Waals surface area contributed by atoms with Crippen LogP contribution in [0.4, 0.5) is 11.5 Å². The first kappa shape index (κ1) is 13.4. The number of carbonyl (C=O) groups is 1. The largest absolute Gasteiger partial charge is 0.464 e. The lowest BCUT2D eigenvalue weighted by Gasteiger charge is -2.19. The Bertz CT molecular complexity index is 569. The van der Waals surface area contributed by atoms with Crippen molar-refractivity contribution in [3.8, 4) is 0 Å². The van der Waals surface area contributed by atoms with E-state index in [0.29, 0.717) is 18.1 Å². The van der Waals surface area contributed by atoms with Crippen molar-refractivity contribution in [2.24, 2.45) is 0 Å². The van der Waals surface area contributed by atoms with Crippen LogP contribution in [0.5, 0.6) is 0 Å². The maximum Gasteiger partial charge on any atom is 0.356 e. The van der Waals surface area contributed by atoms with E-state index < -0.39 is 5.97 Å². The molecule has 0 saturated carbocycles. The molecule has 2 aromatic heterocycles. The zero-order valence-electron chi connectivity index (χ0n) is 10.8. The van der Waals surface area contributed by atoms with Crippen molar-refractivity contribution in [1.82, 2.24) is 4.98 Å². The zero-order valence-corrected chi connectivity index (χ0v) is 11.6. The first-order chi connectivity index (χ1) is 9.11. The number of thiophene rings is 1. The summed E-state index contributed by atoms with van der Waals surface area (Å²) in [4.78, 5) is 18.8. The van der Waals surface area contributed by atoms with Gasteiger partial charge in [0, 0.05) is 11.9 Å². The van der Waals surface area contributed by atoms with Gasteiger partial charge in [0.2, 0.25) is 0 Å². The van der Waals surface area contributed by atoms with Gasteiger partial charge in [-0.05, 0) is 23.6 Å². The highest BCUT2D eigenvalue weighted by Gasteiger charge is 2.13. The first-order valence-electron chi connectivity index (χ1n) is 5.70. The minimum absolute atomic E-state index is 0.254. The molecular weight excluding hydrogens is 262 g/mol. The van der Waals surface area contributed by atoms with Gasteiger partial charge in [0.25, 0.3) is 0 Å². The second kappa shape index (κ2) is 5.71. The van der Waals surface area contributed by atoms with Crippen LogP contribution in [-0.2, 0) is 11.3 Å². The molecule has 0 unspecified atom stereocenters. The lowest BCUT2D eigenvalue weighted by molar-refractivity contribution is 0.0594. The van der Waals surface area contributed by atoms with Crippen LogP contribution in [0.1, 0.15) is 15.4 Å². The number of esters is 1. The van der Waals surface area contributed by atoms with Crippen LogP contribution in [0.2, 0.25) is 0 Å². The quantitative estimate of drug-likeness (QED) is 0.867. The normalized spacial score (nSPS) is 10.2. The maximum atomic E-state index is 11.5. The Kier molecular flexibility index (Phi) is 4.01. The molecule has 0 bridgehead atoms. The van der Waals surface area contributed by atoms with E-state index in [1.54, 1.807) is 23.5 Å². The van der Waals surface area contributed by atoms with Crippen LogP contribution in [-0.4, -0.2) is 25.1 Å². The molecule has 0 spiro atoms. The minimum Gasteiger partial charge on any atom is -0.464 e. The minimum atomic E-state index is -0.467. The van der Waals surface area contributed by atoms with Crippen molar-refractivity contribution < 1.29 is 9.53 Å². The molecule has 2 aromatic rings. The molecule has 0 fully saturated rings. The molecule has 2 heterocycles. The number of nitrogen functional groups attached to an aromatic ring is 1. The topological polar surface area (TPSA) is 68.5 Å². The predicted octanol–water partition coefficient (Wildman–Crippen LogP) is 2.15. The van der Waals surface area contributed by atoms with Crippen LogP contribution >= 0.6 is 11.3 Å². The number of hydrogen-bond donors (Lipinski definition) is 1. The average molecular weight is 277 g/mol. The summed E-state index contributed by atoms with van der Waals surface area (Å²) >= 11 is 1.66. The van der Waals surface area contributed by atoms with E-state index in [1.807, 2.05) is 29.5 Å². The van der Waals surface area contributed by atoms with Gasteiger partial charge in [-0.25, -0.2) is 9.78 Å². The Hall–Kier alpha value is -2.08. The number of rotatable bonds is 4. The van der Waals surface area contributed by atoms with Crippen molar-refractivity contribution in [2.75, 3.05) is 24.8 Å².